The summed E-state index contributed by atoms with van der Waals surface area (Å²) >= 11 is 1.73. The van der Waals surface area contributed by atoms with Gasteiger partial charge >= 0.3 is 0 Å². The van der Waals surface area contributed by atoms with Crippen LogP contribution in [0.15, 0.2) is 22.5 Å². The first-order valence-electron chi connectivity index (χ1n) is 6.60. The van der Waals surface area contributed by atoms with Crippen molar-refractivity contribution in [2.24, 2.45) is 12.0 Å². The topological polar surface area (TPSA) is 67.1 Å². The molecule has 0 radical (unpaired) electrons. The Balaban J connectivity index is 1.96. The molecule has 0 unspecified atom stereocenters. The van der Waals surface area contributed by atoms with Gasteiger partial charge in [0.1, 0.15) is 12.4 Å². The van der Waals surface area contributed by atoms with Gasteiger partial charge in [0, 0.05) is 18.5 Å². The van der Waals surface area contributed by atoms with Crippen molar-refractivity contribution in [3.8, 4) is 0 Å². The summed E-state index contributed by atoms with van der Waals surface area (Å²) in [6, 6.07) is 4.15. The monoisotopic (exact) mass is 292 g/mol. The Kier molecular flexibility index (Phi) is 5.11. The second kappa shape index (κ2) is 7.04. The van der Waals surface area contributed by atoms with Gasteiger partial charge in [0.2, 0.25) is 0 Å². The molecule has 0 spiro atoms. The van der Waals surface area contributed by atoms with Crippen molar-refractivity contribution in [3.05, 3.63) is 34.0 Å². The third-order valence-corrected chi connectivity index (χ3v) is 3.79. The second-order valence-electron chi connectivity index (χ2n) is 4.35. The number of rotatable bonds is 5. The maximum Gasteiger partial charge on any atom is 0.191 e. The van der Waals surface area contributed by atoms with Gasteiger partial charge in [0.15, 0.2) is 11.8 Å². The number of nitrogens with one attached hydrogen (secondary N) is 2. The molecule has 7 heteroatoms. The van der Waals surface area contributed by atoms with Gasteiger partial charge in [0.05, 0.1) is 6.54 Å². The summed E-state index contributed by atoms with van der Waals surface area (Å²) in [5, 5.41) is 16.8. The molecule has 2 rings (SSSR count). The van der Waals surface area contributed by atoms with Crippen LogP contribution in [0.5, 0.6) is 0 Å². The minimum absolute atomic E-state index is 0.511. The van der Waals surface area contributed by atoms with E-state index >= 15 is 0 Å². The lowest BCUT2D eigenvalue weighted by atomic mass is 10.4. The Morgan fingerprint density at radius 3 is 2.85 bits per heavy atom. The molecule has 0 atom stereocenters. The van der Waals surface area contributed by atoms with Crippen LogP contribution in [0.2, 0.25) is 0 Å². The lowest BCUT2D eigenvalue weighted by Gasteiger charge is -2.10. The Hall–Kier alpha value is -1.89. The first kappa shape index (κ1) is 14.5. The normalized spacial score (nSPS) is 11.7. The zero-order chi connectivity index (χ0) is 14.4. The van der Waals surface area contributed by atoms with E-state index in [0.29, 0.717) is 6.54 Å². The number of hydrogen-bond donors (Lipinski definition) is 2. The average molecular weight is 292 g/mol. The molecule has 0 saturated carbocycles. The van der Waals surface area contributed by atoms with E-state index in [9.17, 15) is 0 Å². The summed E-state index contributed by atoms with van der Waals surface area (Å²) in [5.41, 5.74) is 0. The Labute approximate surface area is 123 Å². The molecule has 0 amide bonds. The molecule has 20 heavy (non-hydrogen) atoms. The predicted octanol–water partition coefficient (Wildman–Crippen LogP) is 1.44. The molecule has 0 saturated heterocycles. The predicted molar refractivity (Wildman–Crippen MR) is 81.7 cm³/mol. The van der Waals surface area contributed by atoms with Crippen LogP contribution in [0, 0.1) is 6.92 Å². The molecule has 0 aliphatic carbocycles. The Morgan fingerprint density at radius 1 is 1.40 bits per heavy atom. The quantitative estimate of drug-likeness (QED) is 0.646. The molecule has 0 bridgehead atoms. The zero-order valence-electron chi connectivity index (χ0n) is 12.1. The van der Waals surface area contributed by atoms with Crippen LogP contribution in [0.3, 0.4) is 0 Å². The van der Waals surface area contributed by atoms with Crippen molar-refractivity contribution in [3.63, 3.8) is 0 Å². The molecule has 2 N–H and O–H groups in total. The fourth-order valence-corrected chi connectivity index (χ4v) is 2.31. The van der Waals surface area contributed by atoms with Crippen LogP contribution < -0.4 is 10.6 Å². The van der Waals surface area contributed by atoms with Crippen LogP contribution in [-0.4, -0.2) is 27.3 Å². The minimum Gasteiger partial charge on any atom is -0.357 e. The molecule has 6 nitrogen and oxygen atoms in total. The highest BCUT2D eigenvalue weighted by Crippen LogP contribution is 2.07. The Morgan fingerprint density at radius 2 is 2.25 bits per heavy atom. The molecule has 0 aliphatic rings. The van der Waals surface area contributed by atoms with E-state index in [1.165, 1.54) is 4.88 Å². The third kappa shape index (κ3) is 3.80. The van der Waals surface area contributed by atoms with E-state index in [1.54, 1.807) is 11.3 Å². The summed E-state index contributed by atoms with van der Waals surface area (Å²) in [6.07, 6.45) is 0. The summed E-state index contributed by atoms with van der Waals surface area (Å²) in [6.45, 7) is 6.10. The maximum atomic E-state index is 4.53. The van der Waals surface area contributed by atoms with Crippen molar-refractivity contribution in [2.45, 2.75) is 26.9 Å². The molecule has 2 aromatic heterocycles. The molecule has 2 aromatic rings. The summed E-state index contributed by atoms with van der Waals surface area (Å²) in [5.74, 6) is 2.55. The lowest BCUT2D eigenvalue weighted by molar-refractivity contribution is 0.757. The first-order valence-corrected chi connectivity index (χ1v) is 7.48. The zero-order valence-corrected chi connectivity index (χ0v) is 12.9. The van der Waals surface area contributed by atoms with Crippen molar-refractivity contribution in [2.75, 3.05) is 6.54 Å². The molecule has 0 aliphatic heterocycles. The van der Waals surface area contributed by atoms with Gasteiger partial charge in [-0.2, -0.15) is 0 Å². The molecule has 0 aromatic carbocycles. The van der Waals surface area contributed by atoms with Crippen LogP contribution in [0.25, 0.3) is 0 Å². The van der Waals surface area contributed by atoms with E-state index in [1.807, 2.05) is 24.6 Å². The standard InChI is InChI=1S/C13H20N6S/c1-4-14-13(15-8-11-6-5-7-20-11)16-9-12-18-17-10(2)19(12)3/h5-7H,4,8-9H2,1-3H3,(H2,14,15,16). The van der Waals surface area contributed by atoms with Gasteiger partial charge in [-0.15, -0.1) is 21.5 Å². The largest absolute Gasteiger partial charge is 0.357 e. The van der Waals surface area contributed by atoms with Crippen molar-refractivity contribution < 1.29 is 0 Å². The average Bonchev–Trinajstić information content (AvgIpc) is 3.06. The van der Waals surface area contributed by atoms with Gasteiger partial charge < -0.3 is 15.2 Å². The second-order valence-corrected chi connectivity index (χ2v) is 5.38. The van der Waals surface area contributed by atoms with Gasteiger partial charge in [-0.25, -0.2) is 4.99 Å². The Bertz CT molecular complexity index is 557. The lowest BCUT2D eigenvalue weighted by Crippen LogP contribution is -2.36. The van der Waals surface area contributed by atoms with Crippen molar-refractivity contribution in [1.29, 1.82) is 0 Å². The number of nitrogens with zero attached hydrogens (tertiary/aromatic N) is 4. The number of aliphatic imine (C=N–C) groups is 1. The summed E-state index contributed by atoms with van der Waals surface area (Å²) in [4.78, 5) is 5.82. The SMILES string of the molecule is CCNC(=NCc1nnc(C)n1C)NCc1cccs1. The molecule has 108 valence electrons. The molecular formula is C13H20N6S. The number of aromatic nitrogens is 3. The highest BCUT2D eigenvalue weighted by atomic mass is 32.1. The van der Waals surface area contributed by atoms with Crippen molar-refractivity contribution >= 4 is 17.3 Å². The number of hydrogen-bond acceptors (Lipinski definition) is 4. The fraction of sp³-hybridized carbons (Fsp3) is 0.462. The summed E-state index contributed by atoms with van der Waals surface area (Å²) < 4.78 is 1.95. The van der Waals surface area contributed by atoms with Crippen LogP contribution in [0.1, 0.15) is 23.4 Å². The molecule has 2 heterocycles. The highest BCUT2D eigenvalue weighted by molar-refractivity contribution is 7.09. The van der Waals surface area contributed by atoms with Crippen LogP contribution in [0.4, 0.5) is 0 Å². The van der Waals surface area contributed by atoms with E-state index < -0.39 is 0 Å². The van der Waals surface area contributed by atoms with Gasteiger partial charge in [-0.05, 0) is 25.3 Å². The fourth-order valence-electron chi connectivity index (χ4n) is 1.66. The van der Waals surface area contributed by atoms with Gasteiger partial charge in [-0.1, -0.05) is 6.07 Å². The first-order chi connectivity index (χ1) is 9.70. The molecule has 0 fully saturated rings. The number of thiophene rings is 1. The van der Waals surface area contributed by atoms with Crippen LogP contribution in [-0.2, 0) is 20.1 Å². The minimum atomic E-state index is 0.511. The smallest absolute Gasteiger partial charge is 0.191 e. The van der Waals surface area contributed by atoms with E-state index in [2.05, 4.69) is 44.2 Å². The van der Waals surface area contributed by atoms with E-state index in [4.69, 9.17) is 0 Å². The third-order valence-electron chi connectivity index (χ3n) is 2.92. The number of guanidine groups is 1. The summed E-state index contributed by atoms with van der Waals surface area (Å²) in [7, 11) is 1.95. The highest BCUT2D eigenvalue weighted by Gasteiger charge is 2.04. The number of aryl methyl sites for hydroxylation is 1. The van der Waals surface area contributed by atoms with E-state index in [0.717, 1.165) is 30.7 Å². The van der Waals surface area contributed by atoms with Gasteiger partial charge in [0.25, 0.3) is 0 Å². The van der Waals surface area contributed by atoms with Crippen LogP contribution >= 0.6 is 11.3 Å². The van der Waals surface area contributed by atoms with Gasteiger partial charge in [-0.3, -0.25) is 0 Å². The van der Waals surface area contributed by atoms with Crippen molar-refractivity contribution in [1.82, 2.24) is 25.4 Å². The maximum absolute atomic E-state index is 4.53. The molecular weight excluding hydrogens is 272 g/mol. The van der Waals surface area contributed by atoms with E-state index in [-0.39, 0.29) is 0 Å².